The van der Waals surface area contributed by atoms with E-state index in [9.17, 15) is 5.11 Å². The van der Waals surface area contributed by atoms with E-state index in [0.29, 0.717) is 24.7 Å². The van der Waals surface area contributed by atoms with E-state index in [1.165, 1.54) is 0 Å². The molecule has 0 saturated carbocycles. The number of pyridine rings is 1. The minimum Gasteiger partial charge on any atom is -0.392 e. The summed E-state index contributed by atoms with van der Waals surface area (Å²) in [5.41, 5.74) is 1.85. The second-order valence-electron chi connectivity index (χ2n) is 4.67. The molecule has 2 unspecified atom stereocenters. The third-order valence-electron chi connectivity index (χ3n) is 3.33. The monoisotopic (exact) mass is 260 g/mol. The Morgan fingerprint density at radius 1 is 1.53 bits per heavy atom. The van der Waals surface area contributed by atoms with Crippen LogP contribution in [0.2, 0.25) is 0 Å². The fourth-order valence-corrected chi connectivity index (χ4v) is 2.30. The Morgan fingerprint density at radius 2 is 2.42 bits per heavy atom. The zero-order valence-corrected chi connectivity index (χ0v) is 10.7. The number of β-amino-alcohol motifs (C(OH)–C–C–N with tert-alkyl or cyclic N) is 1. The van der Waals surface area contributed by atoms with Crippen molar-refractivity contribution in [3.8, 4) is 11.5 Å². The second-order valence-corrected chi connectivity index (χ2v) is 4.67. The van der Waals surface area contributed by atoms with Crippen LogP contribution in [0.3, 0.4) is 0 Å². The highest BCUT2D eigenvalue weighted by atomic mass is 16.5. The Bertz CT molecular complexity index is 569. The number of rotatable bonds is 3. The number of aliphatic hydroxyl groups is 1. The molecule has 0 aromatic carbocycles. The number of aliphatic hydroxyl groups excluding tert-OH is 1. The van der Waals surface area contributed by atoms with Gasteiger partial charge in [-0.2, -0.15) is 4.98 Å². The third-order valence-corrected chi connectivity index (χ3v) is 3.33. The summed E-state index contributed by atoms with van der Waals surface area (Å²) in [7, 11) is 0. The van der Waals surface area contributed by atoms with Gasteiger partial charge in [0, 0.05) is 12.7 Å². The van der Waals surface area contributed by atoms with Crippen LogP contribution >= 0.6 is 0 Å². The summed E-state index contributed by atoms with van der Waals surface area (Å²) in [6.45, 7) is 2.63. The van der Waals surface area contributed by atoms with Crippen molar-refractivity contribution >= 4 is 0 Å². The fraction of sp³-hybridized carbons (Fsp3) is 0.462. The van der Waals surface area contributed by atoms with Crippen molar-refractivity contribution in [3.05, 3.63) is 29.8 Å². The molecule has 0 bridgehead atoms. The molecule has 1 aliphatic heterocycles. The number of nitrogens with one attached hydrogen (secondary N) is 1. The average molecular weight is 260 g/mol. The van der Waals surface area contributed by atoms with Crippen LogP contribution in [0.5, 0.6) is 0 Å². The molecule has 6 heteroatoms. The quantitative estimate of drug-likeness (QED) is 0.859. The third kappa shape index (κ3) is 2.36. The molecule has 0 aliphatic carbocycles. The largest absolute Gasteiger partial charge is 0.392 e. The van der Waals surface area contributed by atoms with Gasteiger partial charge in [0.15, 0.2) is 0 Å². The highest BCUT2D eigenvalue weighted by Crippen LogP contribution is 2.25. The molecule has 2 aromatic heterocycles. The van der Waals surface area contributed by atoms with Crippen LogP contribution in [0.1, 0.15) is 30.8 Å². The van der Waals surface area contributed by atoms with Crippen LogP contribution in [0, 0.1) is 0 Å². The van der Waals surface area contributed by atoms with E-state index in [1.807, 2.05) is 12.1 Å². The van der Waals surface area contributed by atoms with Crippen molar-refractivity contribution in [1.82, 2.24) is 20.4 Å². The molecule has 1 aliphatic rings. The van der Waals surface area contributed by atoms with E-state index in [4.69, 9.17) is 4.52 Å². The molecule has 6 nitrogen and oxygen atoms in total. The molecule has 2 aromatic rings. The Labute approximate surface area is 110 Å². The number of aryl methyl sites for hydroxylation is 1. The maximum Gasteiger partial charge on any atom is 0.244 e. The first-order chi connectivity index (χ1) is 9.28. The first kappa shape index (κ1) is 12.3. The van der Waals surface area contributed by atoms with Gasteiger partial charge >= 0.3 is 0 Å². The fourth-order valence-electron chi connectivity index (χ4n) is 2.30. The molecule has 19 heavy (non-hydrogen) atoms. The second kappa shape index (κ2) is 5.07. The van der Waals surface area contributed by atoms with Gasteiger partial charge in [-0.1, -0.05) is 18.1 Å². The number of aromatic nitrogens is 3. The lowest BCUT2D eigenvalue weighted by Gasteiger charge is -2.02. The van der Waals surface area contributed by atoms with Gasteiger partial charge in [0.05, 0.1) is 12.1 Å². The van der Waals surface area contributed by atoms with Crippen molar-refractivity contribution in [2.24, 2.45) is 0 Å². The van der Waals surface area contributed by atoms with Gasteiger partial charge in [0.1, 0.15) is 5.69 Å². The van der Waals surface area contributed by atoms with Crippen LogP contribution in [0.15, 0.2) is 22.9 Å². The summed E-state index contributed by atoms with van der Waals surface area (Å²) in [4.78, 5) is 8.71. The van der Waals surface area contributed by atoms with Gasteiger partial charge in [-0.05, 0) is 24.5 Å². The highest BCUT2D eigenvalue weighted by Gasteiger charge is 2.28. The predicted octanol–water partition coefficient (Wildman–Crippen LogP) is 1.09. The van der Waals surface area contributed by atoms with Crippen LogP contribution in [0.4, 0.5) is 0 Å². The average Bonchev–Trinajstić information content (AvgIpc) is 3.07. The van der Waals surface area contributed by atoms with Gasteiger partial charge in [-0.3, -0.25) is 4.98 Å². The van der Waals surface area contributed by atoms with Gasteiger partial charge in [-0.25, -0.2) is 0 Å². The Hall–Kier alpha value is -1.79. The zero-order chi connectivity index (χ0) is 13.2. The van der Waals surface area contributed by atoms with E-state index in [1.54, 1.807) is 6.20 Å². The summed E-state index contributed by atoms with van der Waals surface area (Å²) in [5, 5.41) is 16.6. The normalized spacial score (nSPS) is 22.8. The van der Waals surface area contributed by atoms with Crippen molar-refractivity contribution in [3.63, 3.8) is 0 Å². The molecule has 0 amide bonds. The van der Waals surface area contributed by atoms with Gasteiger partial charge in [-0.15, -0.1) is 0 Å². The number of hydrogen-bond donors (Lipinski definition) is 2. The lowest BCUT2D eigenvalue weighted by Crippen LogP contribution is -2.15. The smallest absolute Gasteiger partial charge is 0.244 e. The van der Waals surface area contributed by atoms with Gasteiger partial charge in [0.25, 0.3) is 0 Å². The Balaban J connectivity index is 1.88. The number of nitrogens with zero attached hydrogens (tertiary/aromatic N) is 3. The molecule has 0 radical (unpaired) electrons. The van der Waals surface area contributed by atoms with E-state index in [2.05, 4.69) is 27.4 Å². The summed E-state index contributed by atoms with van der Waals surface area (Å²) in [5.74, 6) is 1.02. The van der Waals surface area contributed by atoms with E-state index in [-0.39, 0.29) is 12.1 Å². The highest BCUT2D eigenvalue weighted by molar-refractivity contribution is 5.53. The first-order valence-corrected chi connectivity index (χ1v) is 6.47. The minimum atomic E-state index is -0.346. The molecule has 1 fully saturated rings. The van der Waals surface area contributed by atoms with Crippen LogP contribution in [0.25, 0.3) is 11.5 Å². The molecular formula is C13H16N4O2. The van der Waals surface area contributed by atoms with Crippen molar-refractivity contribution < 1.29 is 9.63 Å². The summed E-state index contributed by atoms with van der Waals surface area (Å²) in [6.07, 6.45) is 2.85. The van der Waals surface area contributed by atoms with Crippen molar-refractivity contribution in [1.29, 1.82) is 0 Å². The Morgan fingerprint density at radius 3 is 3.16 bits per heavy atom. The summed E-state index contributed by atoms with van der Waals surface area (Å²) >= 11 is 0. The molecule has 3 heterocycles. The van der Waals surface area contributed by atoms with Crippen molar-refractivity contribution in [2.45, 2.75) is 31.9 Å². The maximum atomic E-state index is 9.50. The lowest BCUT2D eigenvalue weighted by atomic mass is 10.1. The standard InChI is InChI=1S/C13H16N4O2/c1-2-8-4-3-5-14-11(8)12-16-13(19-17-12)10-6-9(18)7-15-10/h3-5,9-10,15,18H,2,6-7H2,1H3. The summed E-state index contributed by atoms with van der Waals surface area (Å²) in [6, 6.07) is 3.85. The molecular weight excluding hydrogens is 244 g/mol. The molecule has 0 spiro atoms. The first-order valence-electron chi connectivity index (χ1n) is 6.47. The molecule has 100 valence electrons. The predicted molar refractivity (Wildman–Crippen MR) is 68.3 cm³/mol. The van der Waals surface area contributed by atoms with E-state index < -0.39 is 0 Å². The van der Waals surface area contributed by atoms with Gasteiger partial charge in [0.2, 0.25) is 11.7 Å². The zero-order valence-electron chi connectivity index (χ0n) is 10.7. The topological polar surface area (TPSA) is 84.1 Å². The number of hydrogen-bond acceptors (Lipinski definition) is 6. The molecule has 1 saturated heterocycles. The van der Waals surface area contributed by atoms with Crippen molar-refractivity contribution in [2.75, 3.05) is 6.54 Å². The maximum absolute atomic E-state index is 9.50. The van der Waals surface area contributed by atoms with E-state index in [0.717, 1.165) is 17.7 Å². The molecule has 3 rings (SSSR count). The minimum absolute atomic E-state index is 0.0648. The van der Waals surface area contributed by atoms with Crippen LogP contribution in [-0.4, -0.2) is 32.9 Å². The van der Waals surface area contributed by atoms with Gasteiger partial charge < -0.3 is 14.9 Å². The van der Waals surface area contributed by atoms with E-state index >= 15 is 0 Å². The molecule has 2 N–H and O–H groups in total. The van der Waals surface area contributed by atoms with Crippen LogP contribution in [-0.2, 0) is 6.42 Å². The SMILES string of the molecule is CCc1cccnc1-c1noc(C2CC(O)CN2)n1. The Kier molecular flexibility index (Phi) is 3.27. The van der Waals surface area contributed by atoms with Crippen LogP contribution < -0.4 is 5.32 Å². The molecule has 2 atom stereocenters. The summed E-state index contributed by atoms with van der Waals surface area (Å²) < 4.78 is 5.28. The lowest BCUT2D eigenvalue weighted by molar-refractivity contribution is 0.191.